The smallest absolute Gasteiger partial charge is 0.177 e. The molecule has 0 saturated carbocycles. The Bertz CT molecular complexity index is 1080. The van der Waals surface area contributed by atoms with Gasteiger partial charge in [0.25, 0.3) is 0 Å². The summed E-state index contributed by atoms with van der Waals surface area (Å²) in [5, 5.41) is 20.2. The zero-order valence-electron chi connectivity index (χ0n) is 14.9. The molecule has 0 spiro atoms. The number of ketones is 1. The number of nitriles is 2. The van der Waals surface area contributed by atoms with Gasteiger partial charge in [0.15, 0.2) is 22.8 Å². The third kappa shape index (κ3) is 2.21. The highest BCUT2D eigenvalue weighted by Crippen LogP contribution is 2.59. The van der Waals surface area contributed by atoms with E-state index in [9.17, 15) is 24.1 Å². The molecule has 0 radical (unpaired) electrons. The van der Waals surface area contributed by atoms with Crippen molar-refractivity contribution in [3.8, 4) is 12.1 Å². The van der Waals surface area contributed by atoms with Crippen LogP contribution in [0.4, 0.5) is 8.78 Å². The van der Waals surface area contributed by atoms with Crippen molar-refractivity contribution < 1.29 is 13.6 Å². The topological polar surface area (TPSA) is 67.9 Å². The first-order chi connectivity index (χ1) is 13.5. The molecule has 2 aliphatic heterocycles. The number of rotatable bonds is 2. The van der Waals surface area contributed by atoms with Gasteiger partial charge in [0.2, 0.25) is 0 Å². The maximum Gasteiger partial charge on any atom is 0.177 e. The molecule has 0 aliphatic carbocycles. The van der Waals surface area contributed by atoms with E-state index >= 15 is 0 Å². The second-order valence-electron chi connectivity index (χ2n) is 7.06. The molecule has 1 saturated heterocycles. The van der Waals surface area contributed by atoms with Crippen LogP contribution in [0.1, 0.15) is 35.6 Å². The van der Waals surface area contributed by atoms with Gasteiger partial charge in [-0.3, -0.25) is 4.79 Å². The Hall–Kier alpha value is -3.51. The Kier molecular flexibility index (Phi) is 4.01. The SMILES string of the molecule is CC(=O)[C@@H]1[C@H](c2cccc(F)c2F)C(C#N)(C#N)[C@H]2c3ccccc3C=CN12. The lowest BCUT2D eigenvalue weighted by molar-refractivity contribution is -0.121. The van der Waals surface area contributed by atoms with E-state index in [0.29, 0.717) is 5.56 Å². The number of nitrogens with zero attached hydrogens (tertiary/aromatic N) is 3. The van der Waals surface area contributed by atoms with Gasteiger partial charge >= 0.3 is 0 Å². The number of hydrogen-bond acceptors (Lipinski definition) is 4. The van der Waals surface area contributed by atoms with E-state index in [0.717, 1.165) is 11.6 Å². The molecule has 0 N–H and O–H groups in total. The summed E-state index contributed by atoms with van der Waals surface area (Å²) >= 11 is 0. The lowest BCUT2D eigenvalue weighted by Crippen LogP contribution is -2.36. The Morgan fingerprint density at radius 1 is 1.07 bits per heavy atom. The Labute approximate surface area is 160 Å². The molecule has 2 aromatic carbocycles. The largest absolute Gasteiger partial charge is 0.357 e. The fourth-order valence-electron chi connectivity index (χ4n) is 4.56. The van der Waals surface area contributed by atoms with Gasteiger partial charge in [0.1, 0.15) is 0 Å². The first-order valence-corrected chi connectivity index (χ1v) is 8.77. The fourth-order valence-corrected chi connectivity index (χ4v) is 4.56. The van der Waals surface area contributed by atoms with Gasteiger partial charge in [0.05, 0.1) is 24.2 Å². The van der Waals surface area contributed by atoms with Crippen molar-refractivity contribution in [2.24, 2.45) is 5.41 Å². The third-order valence-electron chi connectivity index (χ3n) is 5.68. The van der Waals surface area contributed by atoms with Crippen molar-refractivity contribution in [3.63, 3.8) is 0 Å². The first kappa shape index (κ1) is 17.9. The van der Waals surface area contributed by atoms with E-state index in [2.05, 4.69) is 12.1 Å². The number of Topliss-reactive ketones (excluding diaryl/α,β-unsaturated/α-hetero) is 1. The van der Waals surface area contributed by atoms with Crippen LogP contribution in [-0.2, 0) is 4.79 Å². The maximum absolute atomic E-state index is 14.7. The molecule has 4 nitrogen and oxygen atoms in total. The van der Waals surface area contributed by atoms with Gasteiger partial charge in [-0.2, -0.15) is 10.5 Å². The van der Waals surface area contributed by atoms with E-state index in [1.165, 1.54) is 19.1 Å². The van der Waals surface area contributed by atoms with Crippen molar-refractivity contribution >= 4 is 11.9 Å². The quantitative estimate of drug-likeness (QED) is 0.793. The lowest BCUT2D eigenvalue weighted by atomic mass is 9.67. The van der Waals surface area contributed by atoms with E-state index in [1.54, 1.807) is 29.3 Å². The van der Waals surface area contributed by atoms with Crippen LogP contribution in [0.2, 0.25) is 0 Å². The van der Waals surface area contributed by atoms with E-state index in [-0.39, 0.29) is 11.3 Å². The highest BCUT2D eigenvalue weighted by molar-refractivity contribution is 5.85. The summed E-state index contributed by atoms with van der Waals surface area (Å²) in [6, 6.07) is 13.3. The second kappa shape index (κ2) is 6.28. The molecule has 1 fully saturated rings. The first-order valence-electron chi connectivity index (χ1n) is 8.77. The van der Waals surface area contributed by atoms with Crippen LogP contribution in [0.3, 0.4) is 0 Å². The molecule has 0 unspecified atom stereocenters. The number of hydrogen-bond donors (Lipinski definition) is 0. The second-order valence-corrected chi connectivity index (χ2v) is 7.06. The number of carbonyl (C=O) groups excluding carboxylic acids is 1. The van der Waals surface area contributed by atoms with Crippen molar-refractivity contribution in [3.05, 3.63) is 77.0 Å². The minimum Gasteiger partial charge on any atom is -0.357 e. The molecule has 138 valence electrons. The van der Waals surface area contributed by atoms with Crippen molar-refractivity contribution in [2.45, 2.75) is 24.9 Å². The van der Waals surface area contributed by atoms with E-state index < -0.39 is 35.1 Å². The van der Waals surface area contributed by atoms with Gasteiger partial charge in [0, 0.05) is 12.1 Å². The molecule has 4 rings (SSSR count). The minimum atomic E-state index is -1.77. The number of carbonyl (C=O) groups is 1. The molecular weight excluding hydrogens is 360 g/mol. The fraction of sp³-hybridized carbons (Fsp3) is 0.227. The predicted molar refractivity (Wildman–Crippen MR) is 97.3 cm³/mol. The monoisotopic (exact) mass is 375 g/mol. The molecule has 6 heteroatoms. The zero-order chi connectivity index (χ0) is 20.1. The van der Waals surface area contributed by atoms with Gasteiger partial charge in [-0.1, -0.05) is 36.4 Å². The van der Waals surface area contributed by atoms with Gasteiger partial charge in [-0.05, 0) is 35.8 Å². The van der Waals surface area contributed by atoms with Crippen LogP contribution in [-0.4, -0.2) is 16.7 Å². The lowest BCUT2D eigenvalue weighted by Gasteiger charge is -2.34. The summed E-state index contributed by atoms with van der Waals surface area (Å²) in [4.78, 5) is 14.2. The van der Waals surface area contributed by atoms with Gasteiger partial charge in [-0.15, -0.1) is 0 Å². The van der Waals surface area contributed by atoms with Crippen LogP contribution >= 0.6 is 0 Å². The average molecular weight is 375 g/mol. The van der Waals surface area contributed by atoms with E-state index in [1.807, 2.05) is 12.1 Å². The molecule has 0 bridgehead atoms. The molecule has 0 aromatic heterocycles. The summed E-state index contributed by atoms with van der Waals surface area (Å²) in [5.41, 5.74) is -0.380. The van der Waals surface area contributed by atoms with E-state index in [4.69, 9.17) is 0 Å². The molecular formula is C22H15F2N3O. The summed E-state index contributed by atoms with van der Waals surface area (Å²) in [7, 11) is 0. The van der Waals surface area contributed by atoms with Crippen LogP contribution in [0, 0.1) is 39.7 Å². The van der Waals surface area contributed by atoms with Crippen LogP contribution < -0.4 is 0 Å². The Balaban J connectivity index is 2.05. The normalized spacial score (nSPS) is 24.0. The minimum absolute atomic E-state index is 0.136. The van der Waals surface area contributed by atoms with Crippen molar-refractivity contribution in [2.75, 3.05) is 0 Å². The average Bonchev–Trinajstić information content (AvgIpc) is 3.01. The highest BCUT2D eigenvalue weighted by atomic mass is 19.2. The number of halogens is 2. The van der Waals surface area contributed by atoms with Crippen molar-refractivity contribution in [1.82, 2.24) is 4.90 Å². The summed E-state index contributed by atoms with van der Waals surface area (Å²) < 4.78 is 28.7. The molecule has 3 atom stereocenters. The number of fused-ring (bicyclic) bond motifs is 3. The predicted octanol–water partition coefficient (Wildman–Crippen LogP) is 4.08. The van der Waals surface area contributed by atoms with Crippen LogP contribution in [0.25, 0.3) is 6.08 Å². The summed E-state index contributed by atoms with van der Waals surface area (Å²) in [5.74, 6) is -3.68. The molecule has 0 amide bonds. The Morgan fingerprint density at radius 2 is 1.75 bits per heavy atom. The molecule has 2 aliphatic rings. The Morgan fingerprint density at radius 3 is 2.43 bits per heavy atom. The van der Waals surface area contributed by atoms with Gasteiger partial charge in [-0.25, -0.2) is 8.78 Å². The summed E-state index contributed by atoms with van der Waals surface area (Å²) in [6.07, 6.45) is 3.46. The maximum atomic E-state index is 14.7. The highest BCUT2D eigenvalue weighted by Gasteiger charge is 2.63. The standard InChI is InChI=1S/C22H15F2N3O/c1-13(28)20-18(16-7-4-8-17(23)19(16)24)22(11-25,12-26)21-15-6-3-2-5-14(15)9-10-27(20)21/h2-10,18,20-21H,1H3/t18-,20+,21+/m0/s1. The van der Waals surface area contributed by atoms with Crippen molar-refractivity contribution in [1.29, 1.82) is 10.5 Å². The third-order valence-corrected chi connectivity index (χ3v) is 5.68. The number of benzene rings is 2. The van der Waals surface area contributed by atoms with Crippen LogP contribution in [0.15, 0.2) is 48.7 Å². The van der Waals surface area contributed by atoms with Gasteiger partial charge < -0.3 is 4.90 Å². The van der Waals surface area contributed by atoms with Crippen LogP contribution in [0.5, 0.6) is 0 Å². The summed E-state index contributed by atoms with van der Waals surface area (Å²) in [6.45, 7) is 1.34. The molecule has 2 heterocycles. The molecule has 28 heavy (non-hydrogen) atoms. The molecule has 2 aromatic rings. The zero-order valence-corrected chi connectivity index (χ0v) is 14.9.